The van der Waals surface area contributed by atoms with Gasteiger partial charge in [0.05, 0.1) is 12.0 Å². The minimum Gasteiger partial charge on any atom is -0.492 e. The molecule has 25 heavy (non-hydrogen) atoms. The van der Waals surface area contributed by atoms with Gasteiger partial charge in [0, 0.05) is 6.04 Å². The zero-order chi connectivity index (χ0) is 16.8. The first kappa shape index (κ1) is 15.0. The van der Waals surface area contributed by atoms with E-state index in [1.165, 1.54) is 11.1 Å². The van der Waals surface area contributed by atoms with Crippen molar-refractivity contribution >= 4 is 5.91 Å². The summed E-state index contributed by atoms with van der Waals surface area (Å²) in [5.41, 5.74) is 3.94. The first-order valence-corrected chi connectivity index (χ1v) is 9.42. The Bertz CT molecular complexity index is 811. The summed E-state index contributed by atoms with van der Waals surface area (Å²) in [6, 6.07) is 17.4. The lowest BCUT2D eigenvalue weighted by Gasteiger charge is -2.35. The lowest BCUT2D eigenvalue weighted by molar-refractivity contribution is -0.140. The maximum atomic E-state index is 13.4. The summed E-state index contributed by atoms with van der Waals surface area (Å²) < 4.78 is 5.89. The predicted octanol–water partition coefficient (Wildman–Crippen LogP) is 3.92. The fraction of sp³-hybridized carbons (Fsp3) is 0.409. The van der Waals surface area contributed by atoms with Gasteiger partial charge in [0.25, 0.3) is 0 Å². The molecule has 1 heterocycles. The summed E-state index contributed by atoms with van der Waals surface area (Å²) in [5, 5.41) is 0. The van der Waals surface area contributed by atoms with E-state index in [0.29, 0.717) is 18.6 Å². The van der Waals surface area contributed by atoms with Gasteiger partial charge in [0.2, 0.25) is 5.91 Å². The van der Waals surface area contributed by atoms with Crippen LogP contribution < -0.4 is 4.74 Å². The van der Waals surface area contributed by atoms with Gasteiger partial charge in [-0.15, -0.1) is 0 Å². The van der Waals surface area contributed by atoms with Gasteiger partial charge >= 0.3 is 0 Å². The van der Waals surface area contributed by atoms with Crippen molar-refractivity contribution in [2.45, 2.75) is 44.2 Å². The molecule has 0 N–H and O–H groups in total. The maximum absolute atomic E-state index is 13.4. The summed E-state index contributed by atoms with van der Waals surface area (Å²) in [6.07, 6.45) is 5.24. The molecule has 3 nitrogen and oxygen atoms in total. The van der Waals surface area contributed by atoms with Gasteiger partial charge in [-0.2, -0.15) is 0 Å². The van der Waals surface area contributed by atoms with E-state index < -0.39 is 0 Å². The van der Waals surface area contributed by atoms with Crippen molar-refractivity contribution < 1.29 is 9.53 Å². The molecular weight excluding hydrogens is 310 g/mol. The normalized spacial score (nSPS) is 24.2. The van der Waals surface area contributed by atoms with Gasteiger partial charge < -0.3 is 9.64 Å². The van der Waals surface area contributed by atoms with Gasteiger partial charge in [0.15, 0.2) is 0 Å². The minimum atomic E-state index is -0.0525. The molecule has 128 valence electrons. The van der Waals surface area contributed by atoms with Crippen LogP contribution in [0.4, 0.5) is 0 Å². The number of fused-ring (bicyclic) bond motifs is 2. The molecule has 2 atom stereocenters. The third kappa shape index (κ3) is 2.62. The first-order chi connectivity index (χ1) is 12.3. The van der Waals surface area contributed by atoms with Crippen LogP contribution in [0.15, 0.2) is 48.5 Å². The second-order valence-corrected chi connectivity index (χ2v) is 7.55. The summed E-state index contributed by atoms with van der Waals surface area (Å²) in [4.78, 5) is 15.6. The molecule has 1 aliphatic heterocycles. The molecule has 1 fully saturated rings. The SMILES string of the molecule is O=C(C1COc2ccccc2C1)N(C1CC1)C1CCc2ccccc21. The molecular formula is C22H23NO2. The molecule has 2 unspecified atom stereocenters. The number of rotatable bonds is 3. The highest BCUT2D eigenvalue weighted by Gasteiger charge is 2.43. The molecule has 1 amide bonds. The van der Waals surface area contributed by atoms with Crippen molar-refractivity contribution in [2.75, 3.05) is 6.61 Å². The zero-order valence-electron chi connectivity index (χ0n) is 14.4. The molecule has 2 aliphatic carbocycles. The van der Waals surface area contributed by atoms with Gasteiger partial charge in [-0.1, -0.05) is 42.5 Å². The molecule has 3 aliphatic rings. The quantitative estimate of drug-likeness (QED) is 0.852. The van der Waals surface area contributed by atoms with E-state index in [9.17, 15) is 4.79 Å². The largest absolute Gasteiger partial charge is 0.492 e. The van der Waals surface area contributed by atoms with Crippen molar-refractivity contribution in [3.8, 4) is 5.75 Å². The van der Waals surface area contributed by atoms with Crippen LogP contribution >= 0.6 is 0 Å². The fourth-order valence-corrected chi connectivity index (χ4v) is 4.46. The first-order valence-electron chi connectivity index (χ1n) is 9.42. The van der Waals surface area contributed by atoms with E-state index >= 15 is 0 Å². The summed E-state index contributed by atoms with van der Waals surface area (Å²) in [7, 11) is 0. The van der Waals surface area contributed by atoms with Crippen LogP contribution in [-0.4, -0.2) is 23.5 Å². The number of nitrogens with zero attached hydrogens (tertiary/aromatic N) is 1. The number of benzene rings is 2. The van der Waals surface area contributed by atoms with E-state index in [-0.39, 0.29) is 12.0 Å². The van der Waals surface area contributed by atoms with Crippen molar-refractivity contribution in [1.82, 2.24) is 4.90 Å². The zero-order valence-corrected chi connectivity index (χ0v) is 14.4. The van der Waals surface area contributed by atoms with Crippen LogP contribution in [0.1, 0.15) is 42.0 Å². The molecule has 2 aromatic rings. The number of para-hydroxylation sites is 1. The predicted molar refractivity (Wildman–Crippen MR) is 96.5 cm³/mol. The lowest BCUT2D eigenvalue weighted by Crippen LogP contribution is -2.43. The number of amides is 1. The Morgan fingerprint density at radius 2 is 1.72 bits per heavy atom. The summed E-state index contributed by atoms with van der Waals surface area (Å²) in [6.45, 7) is 0.507. The topological polar surface area (TPSA) is 29.5 Å². The molecule has 1 saturated carbocycles. The van der Waals surface area contributed by atoms with Gasteiger partial charge in [-0.3, -0.25) is 4.79 Å². The molecule has 0 bridgehead atoms. The van der Waals surface area contributed by atoms with Crippen LogP contribution in [0.5, 0.6) is 5.75 Å². The van der Waals surface area contributed by atoms with E-state index in [2.05, 4.69) is 35.2 Å². The van der Waals surface area contributed by atoms with Crippen LogP contribution in [0.2, 0.25) is 0 Å². The van der Waals surface area contributed by atoms with E-state index in [0.717, 1.165) is 43.4 Å². The Morgan fingerprint density at radius 1 is 0.960 bits per heavy atom. The van der Waals surface area contributed by atoms with Crippen molar-refractivity contribution in [3.63, 3.8) is 0 Å². The molecule has 0 spiro atoms. The standard InChI is InChI=1S/C22H23NO2/c24-22(17-13-16-6-2-4-8-21(16)25-14-17)23(18-10-11-18)20-12-9-15-5-1-3-7-19(15)20/h1-8,17-18,20H,9-14H2. The highest BCUT2D eigenvalue weighted by molar-refractivity contribution is 5.81. The second-order valence-electron chi connectivity index (χ2n) is 7.55. The van der Waals surface area contributed by atoms with E-state index in [1.807, 2.05) is 18.2 Å². The lowest BCUT2D eigenvalue weighted by atomic mass is 9.94. The van der Waals surface area contributed by atoms with Crippen LogP contribution in [-0.2, 0) is 17.6 Å². The Labute approximate surface area is 148 Å². The Balaban J connectivity index is 1.42. The Kier molecular flexibility index (Phi) is 3.54. The smallest absolute Gasteiger partial charge is 0.230 e. The number of hydrogen-bond donors (Lipinski definition) is 0. The van der Waals surface area contributed by atoms with Crippen molar-refractivity contribution in [3.05, 3.63) is 65.2 Å². The molecule has 0 radical (unpaired) electrons. The number of aryl methyl sites for hydroxylation is 1. The van der Waals surface area contributed by atoms with Gasteiger partial charge in [0.1, 0.15) is 12.4 Å². The second kappa shape index (κ2) is 5.91. The Hall–Kier alpha value is -2.29. The van der Waals surface area contributed by atoms with Gasteiger partial charge in [-0.05, 0) is 54.9 Å². The average molecular weight is 333 g/mol. The number of carbonyl (C=O) groups excluding carboxylic acids is 1. The molecule has 3 heteroatoms. The van der Waals surface area contributed by atoms with Crippen molar-refractivity contribution in [2.24, 2.45) is 5.92 Å². The third-order valence-corrected chi connectivity index (χ3v) is 5.86. The van der Waals surface area contributed by atoms with E-state index in [1.54, 1.807) is 0 Å². The van der Waals surface area contributed by atoms with Gasteiger partial charge in [-0.25, -0.2) is 0 Å². The third-order valence-electron chi connectivity index (χ3n) is 5.86. The molecule has 5 rings (SSSR count). The number of carbonyl (C=O) groups is 1. The Morgan fingerprint density at radius 3 is 2.56 bits per heavy atom. The molecule has 2 aromatic carbocycles. The van der Waals surface area contributed by atoms with Crippen LogP contribution in [0.3, 0.4) is 0 Å². The molecule has 0 saturated heterocycles. The fourth-order valence-electron chi connectivity index (χ4n) is 4.46. The number of hydrogen-bond acceptors (Lipinski definition) is 2. The number of ether oxygens (including phenoxy) is 1. The monoisotopic (exact) mass is 333 g/mol. The van der Waals surface area contributed by atoms with Crippen LogP contribution in [0, 0.1) is 5.92 Å². The highest BCUT2D eigenvalue weighted by atomic mass is 16.5. The highest BCUT2D eigenvalue weighted by Crippen LogP contribution is 2.43. The summed E-state index contributed by atoms with van der Waals surface area (Å²) >= 11 is 0. The van der Waals surface area contributed by atoms with Crippen molar-refractivity contribution in [1.29, 1.82) is 0 Å². The maximum Gasteiger partial charge on any atom is 0.230 e. The minimum absolute atomic E-state index is 0.0525. The van der Waals surface area contributed by atoms with Crippen LogP contribution in [0.25, 0.3) is 0 Å². The van der Waals surface area contributed by atoms with E-state index in [4.69, 9.17) is 4.74 Å². The average Bonchev–Trinajstić information content (AvgIpc) is 3.41. The molecule has 0 aromatic heterocycles. The summed E-state index contributed by atoms with van der Waals surface area (Å²) in [5.74, 6) is 1.18.